The predicted molar refractivity (Wildman–Crippen MR) is 120 cm³/mol. The molecule has 1 aromatic carbocycles. The lowest BCUT2D eigenvalue weighted by Gasteiger charge is -2.12. The van der Waals surface area contributed by atoms with Gasteiger partial charge in [-0.3, -0.25) is 4.99 Å². The maximum Gasteiger partial charge on any atom is 0.191 e. The number of halogens is 2. The van der Waals surface area contributed by atoms with Crippen molar-refractivity contribution in [2.75, 3.05) is 26.2 Å². The van der Waals surface area contributed by atoms with Gasteiger partial charge in [0.2, 0.25) is 0 Å². The van der Waals surface area contributed by atoms with Gasteiger partial charge in [0, 0.05) is 35.1 Å². The third-order valence-electron chi connectivity index (χ3n) is 3.09. The number of aromatic nitrogens is 1. The van der Waals surface area contributed by atoms with Gasteiger partial charge in [-0.2, -0.15) is 0 Å². The van der Waals surface area contributed by atoms with Crippen LogP contribution >= 0.6 is 51.2 Å². The van der Waals surface area contributed by atoms with Crippen molar-refractivity contribution in [1.29, 1.82) is 0 Å². The average Bonchev–Trinajstić information content (AvgIpc) is 2.98. The van der Waals surface area contributed by atoms with E-state index in [-0.39, 0.29) is 24.0 Å². The van der Waals surface area contributed by atoms with Crippen LogP contribution in [0, 0.1) is 6.92 Å². The molecule has 2 rings (SSSR count). The number of benzene rings is 1. The second-order valence-corrected chi connectivity index (χ2v) is 7.34. The van der Waals surface area contributed by atoms with Gasteiger partial charge in [-0.1, -0.05) is 15.9 Å². The lowest BCUT2D eigenvalue weighted by Crippen LogP contribution is -2.39. The summed E-state index contributed by atoms with van der Waals surface area (Å²) in [7, 11) is 0. The molecule has 0 aliphatic heterocycles. The number of ether oxygens (including phenoxy) is 1. The van der Waals surface area contributed by atoms with Crippen LogP contribution in [0.5, 0.6) is 5.75 Å². The van der Waals surface area contributed by atoms with Crippen molar-refractivity contribution in [3.05, 3.63) is 44.8 Å². The van der Waals surface area contributed by atoms with Gasteiger partial charge in [-0.25, -0.2) is 4.98 Å². The molecule has 1 aromatic heterocycles. The first kappa shape index (κ1) is 22.2. The zero-order valence-corrected chi connectivity index (χ0v) is 19.2. The van der Waals surface area contributed by atoms with E-state index in [0.717, 1.165) is 40.7 Å². The molecule has 0 unspecified atom stereocenters. The normalized spacial score (nSPS) is 10.9. The van der Waals surface area contributed by atoms with Crippen LogP contribution in [0.15, 0.2) is 39.9 Å². The number of hydrogen-bond donors (Lipinski definition) is 2. The van der Waals surface area contributed by atoms with Crippen LogP contribution in [0.3, 0.4) is 0 Å². The Morgan fingerprint density at radius 3 is 2.68 bits per heavy atom. The first-order valence-corrected chi connectivity index (χ1v) is 9.60. The minimum atomic E-state index is 0. The first-order valence-electron chi connectivity index (χ1n) is 7.99. The van der Waals surface area contributed by atoms with Crippen molar-refractivity contribution in [3.63, 3.8) is 0 Å². The minimum Gasteiger partial charge on any atom is -0.492 e. The smallest absolute Gasteiger partial charge is 0.191 e. The molecule has 0 saturated heterocycles. The van der Waals surface area contributed by atoms with E-state index >= 15 is 0 Å². The molecule has 0 atom stereocenters. The van der Waals surface area contributed by atoms with E-state index in [2.05, 4.69) is 50.4 Å². The predicted octanol–water partition coefficient (Wildman–Crippen LogP) is 4.01. The Bertz CT molecular complexity index is 648. The number of aryl methyl sites for hydroxylation is 1. The highest BCUT2D eigenvalue weighted by Gasteiger charge is 2.00. The van der Waals surface area contributed by atoms with Gasteiger partial charge in [0.05, 0.1) is 11.6 Å². The number of rotatable bonds is 8. The van der Waals surface area contributed by atoms with Crippen LogP contribution in [0.25, 0.3) is 0 Å². The molecular formula is C17H24BrIN4OS. The average molecular weight is 539 g/mol. The molecule has 0 saturated carbocycles. The van der Waals surface area contributed by atoms with E-state index in [4.69, 9.17) is 4.74 Å². The van der Waals surface area contributed by atoms with Gasteiger partial charge in [0.15, 0.2) is 5.96 Å². The first-order chi connectivity index (χ1) is 11.7. The Labute approximate surface area is 178 Å². The molecular weight excluding hydrogens is 515 g/mol. The fraction of sp³-hybridized carbons (Fsp3) is 0.412. The van der Waals surface area contributed by atoms with Gasteiger partial charge in [0.1, 0.15) is 12.4 Å². The number of hydrogen-bond acceptors (Lipinski definition) is 4. The molecule has 2 N–H and O–H groups in total. The van der Waals surface area contributed by atoms with Crippen LogP contribution < -0.4 is 15.4 Å². The van der Waals surface area contributed by atoms with Gasteiger partial charge < -0.3 is 15.4 Å². The molecule has 0 fully saturated rings. The Morgan fingerprint density at radius 2 is 2.04 bits per heavy atom. The SMILES string of the molecule is CCNC(=NCCc1ncc(C)s1)NCCOc1ccc(Br)cc1.I. The summed E-state index contributed by atoms with van der Waals surface area (Å²) in [6.45, 7) is 6.95. The Hall–Kier alpha value is -0.870. The quantitative estimate of drug-likeness (QED) is 0.231. The molecule has 8 heteroatoms. The summed E-state index contributed by atoms with van der Waals surface area (Å²) in [4.78, 5) is 10.2. The van der Waals surface area contributed by atoms with Gasteiger partial charge in [-0.15, -0.1) is 35.3 Å². The molecule has 138 valence electrons. The summed E-state index contributed by atoms with van der Waals surface area (Å²) in [5.74, 6) is 1.67. The van der Waals surface area contributed by atoms with Crippen LogP contribution in [0.2, 0.25) is 0 Å². The van der Waals surface area contributed by atoms with Crippen molar-refractivity contribution in [3.8, 4) is 5.75 Å². The van der Waals surface area contributed by atoms with Crippen LogP contribution in [0.1, 0.15) is 16.8 Å². The summed E-state index contributed by atoms with van der Waals surface area (Å²) in [5.41, 5.74) is 0. The standard InChI is InChI=1S/C17H23BrN4OS.HI/c1-3-19-17(20-9-8-16-22-12-13(2)24-16)21-10-11-23-15-6-4-14(18)5-7-15;/h4-7,12H,3,8-11H2,1-2H3,(H2,19,20,21);1H. The minimum absolute atomic E-state index is 0. The van der Waals surface area contributed by atoms with Crippen molar-refractivity contribution < 1.29 is 4.74 Å². The Balaban J connectivity index is 0.00000312. The number of nitrogens with one attached hydrogen (secondary N) is 2. The second kappa shape index (κ2) is 12.5. The molecule has 0 bridgehead atoms. The van der Waals surface area contributed by atoms with Crippen LogP contribution in [-0.2, 0) is 6.42 Å². The summed E-state index contributed by atoms with van der Waals surface area (Å²) in [6.07, 6.45) is 2.77. The third kappa shape index (κ3) is 8.87. The molecule has 0 aliphatic rings. The van der Waals surface area contributed by atoms with Gasteiger partial charge in [0.25, 0.3) is 0 Å². The molecule has 0 radical (unpaired) electrons. The molecule has 25 heavy (non-hydrogen) atoms. The fourth-order valence-electron chi connectivity index (χ4n) is 1.99. The monoisotopic (exact) mass is 538 g/mol. The highest BCUT2D eigenvalue weighted by molar-refractivity contribution is 14.0. The topological polar surface area (TPSA) is 58.5 Å². The van der Waals surface area contributed by atoms with Gasteiger partial charge in [-0.05, 0) is 38.1 Å². The molecule has 0 amide bonds. The van der Waals surface area contributed by atoms with E-state index in [1.807, 2.05) is 30.5 Å². The molecule has 0 spiro atoms. The third-order valence-corrected chi connectivity index (χ3v) is 4.59. The maximum absolute atomic E-state index is 5.69. The Kier molecular flexibility index (Phi) is 11.1. The molecule has 0 aliphatic carbocycles. The fourth-order valence-corrected chi connectivity index (χ4v) is 3.03. The highest BCUT2D eigenvalue weighted by atomic mass is 127. The van der Waals surface area contributed by atoms with E-state index in [0.29, 0.717) is 13.2 Å². The summed E-state index contributed by atoms with van der Waals surface area (Å²) >= 11 is 5.14. The number of thiazole rings is 1. The van der Waals surface area contributed by atoms with E-state index < -0.39 is 0 Å². The highest BCUT2D eigenvalue weighted by Crippen LogP contribution is 2.15. The van der Waals surface area contributed by atoms with Crippen LogP contribution in [0.4, 0.5) is 0 Å². The molecule has 1 heterocycles. The second-order valence-electron chi connectivity index (χ2n) is 5.10. The number of nitrogens with zero attached hydrogens (tertiary/aromatic N) is 2. The number of aliphatic imine (C=N–C) groups is 1. The van der Waals surface area contributed by atoms with E-state index in [1.165, 1.54) is 4.88 Å². The van der Waals surface area contributed by atoms with Crippen molar-refractivity contribution in [1.82, 2.24) is 15.6 Å². The number of guanidine groups is 1. The van der Waals surface area contributed by atoms with E-state index in [9.17, 15) is 0 Å². The zero-order valence-electron chi connectivity index (χ0n) is 14.4. The lowest BCUT2D eigenvalue weighted by molar-refractivity contribution is 0.322. The summed E-state index contributed by atoms with van der Waals surface area (Å²) < 4.78 is 6.74. The summed E-state index contributed by atoms with van der Waals surface area (Å²) in [6, 6.07) is 7.82. The Morgan fingerprint density at radius 1 is 1.28 bits per heavy atom. The molecule has 5 nitrogen and oxygen atoms in total. The largest absolute Gasteiger partial charge is 0.492 e. The van der Waals surface area contributed by atoms with Crippen molar-refractivity contribution in [2.45, 2.75) is 20.3 Å². The molecule has 2 aromatic rings. The maximum atomic E-state index is 5.69. The van der Waals surface area contributed by atoms with Crippen molar-refractivity contribution >= 4 is 57.2 Å². The van der Waals surface area contributed by atoms with Crippen LogP contribution in [-0.4, -0.2) is 37.2 Å². The van der Waals surface area contributed by atoms with Gasteiger partial charge >= 0.3 is 0 Å². The van der Waals surface area contributed by atoms with E-state index in [1.54, 1.807) is 11.3 Å². The van der Waals surface area contributed by atoms with Crippen molar-refractivity contribution in [2.24, 2.45) is 4.99 Å². The lowest BCUT2D eigenvalue weighted by atomic mass is 10.3. The summed E-state index contributed by atoms with van der Waals surface area (Å²) in [5, 5.41) is 7.65. The zero-order chi connectivity index (χ0) is 17.2.